The molecular weight excluding hydrogens is 273 g/mol. The Morgan fingerprint density at radius 2 is 1.63 bits per heavy atom. The summed E-state index contributed by atoms with van der Waals surface area (Å²) in [5, 5.41) is -0.975. The smallest absolute Gasteiger partial charge is 0.134 e. The van der Waals surface area contributed by atoms with Crippen LogP contribution in [0.4, 0.5) is 13.2 Å². The van der Waals surface area contributed by atoms with E-state index in [1.165, 1.54) is 0 Å². The summed E-state index contributed by atoms with van der Waals surface area (Å²) in [5.41, 5.74) is 1.23. The molecule has 0 aromatic heterocycles. The van der Waals surface area contributed by atoms with Crippen molar-refractivity contribution in [3.63, 3.8) is 0 Å². The number of rotatable bonds is 3. The highest BCUT2D eigenvalue weighted by Crippen LogP contribution is 2.34. The van der Waals surface area contributed by atoms with E-state index in [0.717, 1.165) is 5.56 Å². The average Bonchev–Trinajstić information content (AvgIpc) is 2.37. The van der Waals surface area contributed by atoms with Crippen LogP contribution in [0.2, 0.25) is 0 Å². The summed E-state index contributed by atoms with van der Waals surface area (Å²) in [4.78, 5) is 0. The largest absolute Gasteiger partial charge is 0.207 e. The third kappa shape index (κ3) is 2.76. The summed E-state index contributed by atoms with van der Waals surface area (Å²) in [6, 6.07) is 8.44. The van der Waals surface area contributed by atoms with E-state index in [4.69, 9.17) is 11.6 Å². The monoisotopic (exact) mass is 284 g/mol. The van der Waals surface area contributed by atoms with Gasteiger partial charge in [-0.3, -0.25) is 0 Å². The van der Waals surface area contributed by atoms with Gasteiger partial charge in [-0.05, 0) is 17.5 Å². The molecule has 0 aliphatic heterocycles. The molecule has 0 aliphatic rings. The first-order valence-corrected chi connectivity index (χ1v) is 6.34. The molecule has 19 heavy (non-hydrogen) atoms. The lowest BCUT2D eigenvalue weighted by Crippen LogP contribution is -2.04. The lowest BCUT2D eigenvalue weighted by atomic mass is 9.97. The zero-order valence-corrected chi connectivity index (χ0v) is 11.0. The first-order chi connectivity index (χ1) is 9.04. The maximum Gasteiger partial charge on any atom is 0.134 e. The fourth-order valence-corrected chi connectivity index (χ4v) is 2.48. The fourth-order valence-electron chi connectivity index (χ4n) is 2.05. The number of hydrogen-bond donors (Lipinski definition) is 0. The Hall–Kier alpha value is -1.48. The fraction of sp³-hybridized carbons (Fsp3) is 0.200. The highest BCUT2D eigenvalue weighted by molar-refractivity contribution is 6.22. The van der Waals surface area contributed by atoms with Crippen molar-refractivity contribution in [1.82, 2.24) is 0 Å². The summed E-state index contributed by atoms with van der Waals surface area (Å²) in [7, 11) is 0. The van der Waals surface area contributed by atoms with Crippen molar-refractivity contribution < 1.29 is 13.2 Å². The molecule has 0 aliphatic carbocycles. The van der Waals surface area contributed by atoms with Crippen LogP contribution in [-0.4, -0.2) is 0 Å². The van der Waals surface area contributed by atoms with E-state index in [0.29, 0.717) is 24.1 Å². The maximum atomic E-state index is 13.7. The highest BCUT2D eigenvalue weighted by Gasteiger charge is 2.22. The van der Waals surface area contributed by atoms with E-state index in [9.17, 15) is 13.2 Å². The lowest BCUT2D eigenvalue weighted by molar-refractivity contribution is 0.526. The van der Waals surface area contributed by atoms with Gasteiger partial charge in [-0.2, -0.15) is 0 Å². The molecule has 0 bridgehead atoms. The SMILES string of the molecule is CCc1ccccc1C(Cl)c1c(F)cc(F)cc1F. The van der Waals surface area contributed by atoms with E-state index in [-0.39, 0.29) is 5.56 Å². The maximum absolute atomic E-state index is 13.7. The van der Waals surface area contributed by atoms with Crippen molar-refractivity contribution in [3.05, 3.63) is 70.5 Å². The first-order valence-electron chi connectivity index (χ1n) is 5.91. The summed E-state index contributed by atoms with van der Waals surface area (Å²) >= 11 is 6.18. The minimum absolute atomic E-state index is 0.316. The second-order valence-electron chi connectivity index (χ2n) is 4.20. The molecule has 0 heterocycles. The van der Waals surface area contributed by atoms with Gasteiger partial charge in [-0.1, -0.05) is 31.2 Å². The molecule has 0 nitrogen and oxygen atoms in total. The van der Waals surface area contributed by atoms with Crippen molar-refractivity contribution in [2.24, 2.45) is 0 Å². The Morgan fingerprint density at radius 3 is 2.21 bits per heavy atom. The predicted octanol–water partition coefficient (Wildman–Crippen LogP) is 4.99. The van der Waals surface area contributed by atoms with E-state index in [1.54, 1.807) is 12.1 Å². The van der Waals surface area contributed by atoms with Gasteiger partial charge in [0.1, 0.15) is 17.5 Å². The number of benzene rings is 2. The van der Waals surface area contributed by atoms with Gasteiger partial charge in [0.05, 0.1) is 5.38 Å². The van der Waals surface area contributed by atoms with Crippen LogP contribution in [-0.2, 0) is 6.42 Å². The van der Waals surface area contributed by atoms with Gasteiger partial charge in [-0.15, -0.1) is 11.6 Å². The first kappa shape index (κ1) is 13.9. The van der Waals surface area contributed by atoms with Crippen LogP contribution in [0.25, 0.3) is 0 Å². The number of halogens is 4. The quantitative estimate of drug-likeness (QED) is 0.696. The molecule has 4 heteroatoms. The molecule has 1 unspecified atom stereocenters. The molecule has 2 aromatic carbocycles. The molecule has 0 spiro atoms. The topological polar surface area (TPSA) is 0 Å². The number of alkyl halides is 1. The minimum Gasteiger partial charge on any atom is -0.207 e. The van der Waals surface area contributed by atoms with Gasteiger partial charge in [-0.25, -0.2) is 13.2 Å². The van der Waals surface area contributed by atoms with Crippen molar-refractivity contribution in [1.29, 1.82) is 0 Å². The molecule has 0 saturated heterocycles. The number of aryl methyl sites for hydroxylation is 1. The van der Waals surface area contributed by atoms with E-state index < -0.39 is 22.8 Å². The Morgan fingerprint density at radius 1 is 1.05 bits per heavy atom. The summed E-state index contributed by atoms with van der Waals surface area (Å²) < 4.78 is 40.3. The van der Waals surface area contributed by atoms with Crippen LogP contribution >= 0.6 is 11.6 Å². The van der Waals surface area contributed by atoms with E-state index in [2.05, 4.69) is 0 Å². The zero-order chi connectivity index (χ0) is 14.0. The standard InChI is InChI=1S/C15H12ClF3/c1-2-9-5-3-4-6-11(9)15(16)14-12(18)7-10(17)8-13(14)19/h3-8,15H,2H2,1H3. The normalized spacial score (nSPS) is 12.5. The molecule has 0 saturated carbocycles. The molecule has 1 atom stereocenters. The molecule has 2 aromatic rings. The molecule has 100 valence electrons. The van der Waals surface area contributed by atoms with Crippen molar-refractivity contribution in [3.8, 4) is 0 Å². The van der Waals surface area contributed by atoms with Crippen LogP contribution in [0, 0.1) is 17.5 Å². The number of hydrogen-bond acceptors (Lipinski definition) is 0. The molecule has 0 amide bonds. The minimum atomic E-state index is -0.975. The van der Waals surface area contributed by atoms with Gasteiger partial charge in [0.2, 0.25) is 0 Å². The van der Waals surface area contributed by atoms with Crippen molar-refractivity contribution in [2.45, 2.75) is 18.7 Å². The third-order valence-corrected chi connectivity index (χ3v) is 3.46. The van der Waals surface area contributed by atoms with Crippen LogP contribution in [0.1, 0.15) is 29.0 Å². The van der Waals surface area contributed by atoms with Crippen LogP contribution in [0.3, 0.4) is 0 Å². The van der Waals surface area contributed by atoms with Crippen LogP contribution in [0.5, 0.6) is 0 Å². The summed E-state index contributed by atoms with van der Waals surface area (Å²) in [6.07, 6.45) is 0.698. The van der Waals surface area contributed by atoms with Gasteiger partial charge >= 0.3 is 0 Å². The van der Waals surface area contributed by atoms with Crippen LogP contribution in [0.15, 0.2) is 36.4 Å². The Balaban J connectivity index is 2.53. The van der Waals surface area contributed by atoms with E-state index in [1.807, 2.05) is 19.1 Å². The predicted molar refractivity (Wildman–Crippen MR) is 69.8 cm³/mol. The highest BCUT2D eigenvalue weighted by atomic mass is 35.5. The molecule has 2 rings (SSSR count). The Bertz CT molecular complexity index is 573. The van der Waals surface area contributed by atoms with Gasteiger partial charge in [0.25, 0.3) is 0 Å². The summed E-state index contributed by atoms with van der Waals surface area (Å²) in [5.74, 6) is -2.89. The second kappa shape index (κ2) is 5.66. The van der Waals surface area contributed by atoms with Crippen LogP contribution < -0.4 is 0 Å². The van der Waals surface area contributed by atoms with Crippen molar-refractivity contribution in [2.75, 3.05) is 0 Å². The zero-order valence-electron chi connectivity index (χ0n) is 10.3. The molecule has 0 N–H and O–H groups in total. The average molecular weight is 285 g/mol. The van der Waals surface area contributed by atoms with Gasteiger partial charge < -0.3 is 0 Å². The molecule has 0 radical (unpaired) electrons. The third-order valence-electron chi connectivity index (χ3n) is 3.01. The lowest BCUT2D eigenvalue weighted by Gasteiger charge is -2.15. The van der Waals surface area contributed by atoms with Crippen molar-refractivity contribution >= 4 is 11.6 Å². The Kier molecular flexibility index (Phi) is 4.15. The molecule has 0 fully saturated rings. The molecular formula is C15H12ClF3. The second-order valence-corrected chi connectivity index (χ2v) is 4.63. The van der Waals surface area contributed by atoms with Gasteiger partial charge in [0, 0.05) is 17.7 Å². The Labute approximate surface area is 114 Å². The van der Waals surface area contributed by atoms with E-state index >= 15 is 0 Å². The van der Waals surface area contributed by atoms with Gasteiger partial charge in [0.15, 0.2) is 0 Å². The summed E-state index contributed by atoms with van der Waals surface area (Å²) in [6.45, 7) is 1.93.